The Morgan fingerprint density at radius 3 is 2.68 bits per heavy atom. The normalized spacial score (nSPS) is 12.4. The minimum absolute atomic E-state index is 0.120. The monoisotopic (exact) mass is 267 g/mol. The Hall–Kier alpha value is -1.10. The van der Waals surface area contributed by atoms with E-state index in [1.54, 1.807) is 0 Å². The van der Waals surface area contributed by atoms with Crippen molar-refractivity contribution in [3.05, 3.63) is 29.3 Å². The van der Waals surface area contributed by atoms with E-state index in [1.165, 1.54) is 5.56 Å². The Labute approximate surface area is 115 Å². The molecule has 1 atom stereocenters. The van der Waals surface area contributed by atoms with Gasteiger partial charge in [-0.25, -0.2) is 0 Å². The van der Waals surface area contributed by atoms with E-state index in [9.17, 15) is 0 Å². The van der Waals surface area contributed by atoms with Crippen LogP contribution >= 0.6 is 0 Å². The van der Waals surface area contributed by atoms with Gasteiger partial charge in [-0.15, -0.1) is 0 Å². The first-order valence-corrected chi connectivity index (χ1v) is 6.75. The third-order valence-corrected chi connectivity index (χ3v) is 2.83. The molecule has 0 aliphatic rings. The van der Waals surface area contributed by atoms with E-state index in [1.807, 2.05) is 26.0 Å². The summed E-state index contributed by atoms with van der Waals surface area (Å²) < 4.78 is 11.1. The molecule has 4 heteroatoms. The number of benzene rings is 1. The maximum absolute atomic E-state index is 8.82. The van der Waals surface area contributed by atoms with Gasteiger partial charge >= 0.3 is 0 Å². The van der Waals surface area contributed by atoms with Gasteiger partial charge in [0.05, 0.1) is 19.8 Å². The van der Waals surface area contributed by atoms with E-state index in [-0.39, 0.29) is 12.6 Å². The molecule has 0 unspecified atom stereocenters. The Morgan fingerprint density at radius 1 is 1.21 bits per heavy atom. The molecule has 4 nitrogen and oxygen atoms in total. The first kappa shape index (κ1) is 16.0. The highest BCUT2D eigenvalue weighted by Crippen LogP contribution is 2.18. The van der Waals surface area contributed by atoms with Gasteiger partial charge < -0.3 is 19.9 Å². The topological polar surface area (TPSA) is 50.7 Å². The molecule has 0 spiro atoms. The number of aliphatic hydroxyl groups excluding tert-OH is 1. The van der Waals surface area contributed by atoms with Gasteiger partial charge in [-0.3, -0.25) is 0 Å². The summed E-state index contributed by atoms with van der Waals surface area (Å²) >= 11 is 0. The van der Waals surface area contributed by atoms with Gasteiger partial charge in [-0.05, 0) is 32.4 Å². The van der Waals surface area contributed by atoms with Crippen molar-refractivity contribution in [2.24, 2.45) is 0 Å². The highest BCUT2D eigenvalue weighted by atomic mass is 16.5. The summed E-state index contributed by atoms with van der Waals surface area (Å²) in [6.07, 6.45) is 0. The van der Waals surface area contributed by atoms with E-state index < -0.39 is 0 Å². The van der Waals surface area contributed by atoms with Crippen LogP contribution in [0.15, 0.2) is 18.2 Å². The van der Waals surface area contributed by atoms with Crippen LogP contribution in [0.25, 0.3) is 0 Å². The smallest absolute Gasteiger partial charge is 0.122 e. The lowest BCUT2D eigenvalue weighted by molar-refractivity contribution is 0.0986. The second kappa shape index (κ2) is 8.91. The van der Waals surface area contributed by atoms with Crippen LogP contribution in [0.1, 0.15) is 18.1 Å². The molecule has 0 aliphatic carbocycles. The number of hydrogen-bond donors (Lipinski definition) is 2. The molecule has 0 heterocycles. The van der Waals surface area contributed by atoms with Gasteiger partial charge in [0.2, 0.25) is 0 Å². The van der Waals surface area contributed by atoms with Crippen LogP contribution in [0.3, 0.4) is 0 Å². The van der Waals surface area contributed by atoms with Gasteiger partial charge in [0.1, 0.15) is 12.4 Å². The minimum atomic E-state index is 0.120. The van der Waals surface area contributed by atoms with E-state index in [0.717, 1.165) is 17.9 Å². The van der Waals surface area contributed by atoms with Gasteiger partial charge in [0, 0.05) is 12.6 Å². The number of aliphatic hydroxyl groups is 1. The van der Waals surface area contributed by atoms with Crippen molar-refractivity contribution in [2.75, 3.05) is 33.0 Å². The van der Waals surface area contributed by atoms with Crippen LogP contribution in [0.4, 0.5) is 0 Å². The largest absolute Gasteiger partial charge is 0.491 e. The van der Waals surface area contributed by atoms with E-state index in [2.05, 4.69) is 18.3 Å². The standard InChI is InChI=1S/C15H25NO3/c1-12-4-5-15(13(2)10-12)19-9-8-18-7-6-16-14(3)11-17/h4-5,10,14,16-17H,6-9,11H2,1-3H3/t14-/m0/s1. The molecule has 0 radical (unpaired) electrons. The average molecular weight is 267 g/mol. The number of hydrogen-bond acceptors (Lipinski definition) is 4. The molecule has 0 fully saturated rings. The van der Waals surface area contributed by atoms with Crippen LogP contribution in [0.5, 0.6) is 5.75 Å². The molecule has 0 saturated carbocycles. The van der Waals surface area contributed by atoms with Crippen LogP contribution in [0.2, 0.25) is 0 Å². The van der Waals surface area contributed by atoms with E-state index >= 15 is 0 Å². The fourth-order valence-corrected chi connectivity index (χ4v) is 1.72. The van der Waals surface area contributed by atoms with Crippen molar-refractivity contribution in [3.8, 4) is 5.75 Å². The summed E-state index contributed by atoms with van der Waals surface area (Å²) in [7, 11) is 0. The molecule has 0 saturated heterocycles. The molecule has 19 heavy (non-hydrogen) atoms. The summed E-state index contributed by atoms with van der Waals surface area (Å²) in [5.74, 6) is 0.918. The Balaban J connectivity index is 2.07. The quantitative estimate of drug-likeness (QED) is 0.668. The Morgan fingerprint density at radius 2 is 2.00 bits per heavy atom. The zero-order chi connectivity index (χ0) is 14.1. The van der Waals surface area contributed by atoms with Crippen LogP contribution in [-0.4, -0.2) is 44.1 Å². The number of aryl methyl sites for hydroxylation is 2. The summed E-state index contributed by atoms with van der Waals surface area (Å²) in [6, 6.07) is 6.27. The summed E-state index contributed by atoms with van der Waals surface area (Å²) in [5, 5.41) is 12.0. The highest BCUT2D eigenvalue weighted by molar-refractivity contribution is 5.35. The van der Waals surface area contributed by atoms with Crippen molar-refractivity contribution >= 4 is 0 Å². The van der Waals surface area contributed by atoms with Crippen LogP contribution < -0.4 is 10.1 Å². The molecule has 2 N–H and O–H groups in total. The van der Waals surface area contributed by atoms with Crippen molar-refractivity contribution < 1.29 is 14.6 Å². The maximum Gasteiger partial charge on any atom is 0.122 e. The number of ether oxygens (including phenoxy) is 2. The van der Waals surface area contributed by atoms with Crippen molar-refractivity contribution in [1.29, 1.82) is 0 Å². The molecular weight excluding hydrogens is 242 g/mol. The third kappa shape index (κ3) is 6.57. The average Bonchev–Trinajstić information content (AvgIpc) is 2.39. The van der Waals surface area contributed by atoms with Gasteiger partial charge in [0.15, 0.2) is 0 Å². The molecule has 0 aliphatic heterocycles. The van der Waals surface area contributed by atoms with Crippen molar-refractivity contribution in [1.82, 2.24) is 5.32 Å². The van der Waals surface area contributed by atoms with Crippen LogP contribution in [0, 0.1) is 13.8 Å². The lowest BCUT2D eigenvalue weighted by Gasteiger charge is -2.12. The zero-order valence-corrected chi connectivity index (χ0v) is 12.1. The zero-order valence-electron chi connectivity index (χ0n) is 12.1. The summed E-state index contributed by atoms with van der Waals surface area (Å²) in [4.78, 5) is 0. The number of rotatable bonds is 9. The highest BCUT2D eigenvalue weighted by Gasteiger charge is 2.00. The second-order valence-corrected chi connectivity index (χ2v) is 4.77. The van der Waals surface area contributed by atoms with Gasteiger partial charge in [-0.1, -0.05) is 17.7 Å². The first-order chi connectivity index (χ1) is 9.13. The molecule has 0 amide bonds. The van der Waals surface area contributed by atoms with Crippen molar-refractivity contribution in [2.45, 2.75) is 26.8 Å². The molecule has 108 valence electrons. The van der Waals surface area contributed by atoms with E-state index in [4.69, 9.17) is 14.6 Å². The summed E-state index contributed by atoms with van der Waals surface area (Å²) in [6.45, 7) is 8.69. The predicted octanol–water partition coefficient (Wildman–Crippen LogP) is 1.67. The summed E-state index contributed by atoms with van der Waals surface area (Å²) in [5.41, 5.74) is 2.39. The fourth-order valence-electron chi connectivity index (χ4n) is 1.72. The third-order valence-electron chi connectivity index (χ3n) is 2.83. The lowest BCUT2D eigenvalue weighted by atomic mass is 10.1. The molecule has 1 rings (SSSR count). The Bertz CT molecular complexity index is 368. The first-order valence-electron chi connectivity index (χ1n) is 6.75. The molecular formula is C15H25NO3. The molecule has 0 aromatic heterocycles. The molecule has 1 aromatic carbocycles. The fraction of sp³-hybridized carbons (Fsp3) is 0.600. The van der Waals surface area contributed by atoms with Gasteiger partial charge in [-0.2, -0.15) is 0 Å². The molecule has 0 bridgehead atoms. The van der Waals surface area contributed by atoms with Crippen LogP contribution in [-0.2, 0) is 4.74 Å². The maximum atomic E-state index is 8.82. The lowest BCUT2D eigenvalue weighted by Crippen LogP contribution is -2.32. The van der Waals surface area contributed by atoms with Crippen molar-refractivity contribution in [3.63, 3.8) is 0 Å². The second-order valence-electron chi connectivity index (χ2n) is 4.77. The molecule has 1 aromatic rings. The van der Waals surface area contributed by atoms with E-state index in [0.29, 0.717) is 19.8 Å². The Kier molecular flexibility index (Phi) is 7.48. The predicted molar refractivity (Wildman–Crippen MR) is 76.8 cm³/mol. The minimum Gasteiger partial charge on any atom is -0.491 e. The van der Waals surface area contributed by atoms with Gasteiger partial charge in [0.25, 0.3) is 0 Å². The number of nitrogens with one attached hydrogen (secondary N) is 1. The SMILES string of the molecule is Cc1ccc(OCCOCCN[C@@H](C)CO)c(C)c1.